The molecule has 0 aliphatic rings. The summed E-state index contributed by atoms with van der Waals surface area (Å²) in [7, 11) is 0. The number of nitrogens with zero attached hydrogens (tertiary/aromatic N) is 3. The van der Waals surface area contributed by atoms with Crippen molar-refractivity contribution in [3.63, 3.8) is 0 Å². The summed E-state index contributed by atoms with van der Waals surface area (Å²) >= 11 is 0. The van der Waals surface area contributed by atoms with Gasteiger partial charge in [-0.15, -0.1) is 0 Å². The molecule has 0 spiro atoms. The average molecular weight is 341 g/mol. The van der Waals surface area contributed by atoms with Gasteiger partial charge in [0, 0.05) is 18.0 Å². The van der Waals surface area contributed by atoms with E-state index in [1.807, 2.05) is 42.5 Å². The van der Waals surface area contributed by atoms with Crippen molar-refractivity contribution in [3.05, 3.63) is 84.3 Å². The maximum Gasteiger partial charge on any atom is 0.289 e. The number of hydrogen-bond acceptors (Lipinski definition) is 4. The number of carbonyl (C=O) groups is 1. The number of fused-ring (bicyclic) bond motifs is 1. The predicted molar refractivity (Wildman–Crippen MR) is 101 cm³/mol. The van der Waals surface area contributed by atoms with Crippen LogP contribution in [0.2, 0.25) is 0 Å². The highest BCUT2D eigenvalue weighted by atomic mass is 16.2. The third-order valence-corrected chi connectivity index (χ3v) is 3.97. The van der Waals surface area contributed by atoms with E-state index in [0.717, 1.165) is 21.9 Å². The van der Waals surface area contributed by atoms with Crippen LogP contribution >= 0.6 is 0 Å². The minimum atomic E-state index is -0.353. The van der Waals surface area contributed by atoms with Crippen LogP contribution in [0.1, 0.15) is 16.1 Å². The Balaban J connectivity index is 1.54. The summed E-state index contributed by atoms with van der Waals surface area (Å²) < 4.78 is 0. The van der Waals surface area contributed by atoms with E-state index in [1.165, 1.54) is 0 Å². The van der Waals surface area contributed by atoms with Gasteiger partial charge in [0.2, 0.25) is 0 Å². The van der Waals surface area contributed by atoms with Gasteiger partial charge in [-0.2, -0.15) is 10.2 Å². The number of pyridine rings is 1. The van der Waals surface area contributed by atoms with Crippen molar-refractivity contribution in [2.24, 2.45) is 5.10 Å². The van der Waals surface area contributed by atoms with E-state index < -0.39 is 0 Å². The molecule has 0 unspecified atom stereocenters. The summed E-state index contributed by atoms with van der Waals surface area (Å²) in [5.41, 5.74) is 5.37. The first kappa shape index (κ1) is 15.7. The lowest BCUT2D eigenvalue weighted by Gasteiger charge is -2.02. The van der Waals surface area contributed by atoms with Gasteiger partial charge in [0.25, 0.3) is 5.91 Å². The summed E-state index contributed by atoms with van der Waals surface area (Å²) in [4.78, 5) is 16.2. The molecule has 2 aromatic carbocycles. The van der Waals surface area contributed by atoms with Crippen molar-refractivity contribution >= 4 is 22.9 Å². The Bertz CT molecular complexity index is 1080. The first-order valence-corrected chi connectivity index (χ1v) is 8.08. The van der Waals surface area contributed by atoms with Crippen LogP contribution in [-0.2, 0) is 0 Å². The van der Waals surface area contributed by atoms with Crippen LogP contribution in [-0.4, -0.2) is 27.3 Å². The van der Waals surface area contributed by atoms with E-state index in [0.29, 0.717) is 11.4 Å². The Morgan fingerprint density at radius 1 is 1.04 bits per heavy atom. The first-order chi connectivity index (χ1) is 12.8. The van der Waals surface area contributed by atoms with E-state index in [-0.39, 0.29) is 5.91 Å². The summed E-state index contributed by atoms with van der Waals surface area (Å²) in [5.74, 6) is -0.353. The molecule has 0 bridgehead atoms. The fourth-order valence-corrected chi connectivity index (χ4v) is 2.70. The fraction of sp³-hybridized carbons (Fsp3) is 0. The molecular weight excluding hydrogens is 326 g/mol. The monoisotopic (exact) mass is 341 g/mol. The van der Waals surface area contributed by atoms with Crippen molar-refractivity contribution < 1.29 is 4.79 Å². The number of hydrogen-bond donors (Lipinski definition) is 2. The van der Waals surface area contributed by atoms with E-state index in [9.17, 15) is 4.79 Å². The van der Waals surface area contributed by atoms with Crippen LogP contribution in [0.15, 0.2) is 78.2 Å². The number of aromatic amines is 1. The number of carbonyl (C=O) groups excluding carboxylic acids is 1. The molecule has 6 nitrogen and oxygen atoms in total. The number of nitrogens with one attached hydrogen (secondary N) is 2. The second kappa shape index (κ2) is 6.98. The minimum absolute atomic E-state index is 0.347. The number of H-pyrrole nitrogens is 1. The van der Waals surface area contributed by atoms with E-state index in [2.05, 4.69) is 25.7 Å². The molecular formula is C20H15N5O. The average Bonchev–Trinajstić information content (AvgIpc) is 3.18. The highest BCUT2D eigenvalue weighted by molar-refractivity contribution is 5.98. The van der Waals surface area contributed by atoms with Crippen molar-refractivity contribution in [2.45, 2.75) is 0 Å². The zero-order valence-electron chi connectivity index (χ0n) is 13.8. The van der Waals surface area contributed by atoms with Gasteiger partial charge < -0.3 is 0 Å². The lowest BCUT2D eigenvalue weighted by Crippen LogP contribution is -2.17. The normalized spacial score (nSPS) is 11.1. The second-order valence-corrected chi connectivity index (χ2v) is 5.67. The molecule has 1 amide bonds. The molecule has 4 rings (SSSR count). The van der Waals surface area contributed by atoms with Crippen LogP contribution in [0.25, 0.3) is 22.0 Å². The van der Waals surface area contributed by atoms with Crippen molar-refractivity contribution in [1.29, 1.82) is 0 Å². The molecule has 0 saturated carbocycles. The summed E-state index contributed by atoms with van der Waals surface area (Å²) in [6, 6.07) is 19.4. The Hall–Kier alpha value is -3.80. The first-order valence-electron chi connectivity index (χ1n) is 8.08. The highest BCUT2D eigenvalue weighted by Crippen LogP contribution is 2.27. The molecule has 6 heteroatoms. The van der Waals surface area contributed by atoms with Gasteiger partial charge in [-0.1, -0.05) is 42.5 Å². The molecule has 0 saturated heterocycles. The Morgan fingerprint density at radius 3 is 2.73 bits per heavy atom. The Kier molecular flexibility index (Phi) is 4.22. The molecule has 0 aliphatic heterocycles. The maximum absolute atomic E-state index is 12.2. The van der Waals surface area contributed by atoms with Crippen molar-refractivity contribution in [1.82, 2.24) is 20.6 Å². The smallest absolute Gasteiger partial charge is 0.272 e. The number of amides is 1. The lowest BCUT2D eigenvalue weighted by atomic mass is 10.0. The number of hydrazone groups is 1. The summed E-state index contributed by atoms with van der Waals surface area (Å²) in [6.07, 6.45) is 4.88. The number of rotatable bonds is 4. The lowest BCUT2D eigenvalue weighted by molar-refractivity contribution is 0.0950. The summed E-state index contributed by atoms with van der Waals surface area (Å²) in [6.45, 7) is 0. The van der Waals surface area contributed by atoms with Gasteiger partial charge in [0.1, 0.15) is 5.69 Å². The topological polar surface area (TPSA) is 83.0 Å². The van der Waals surface area contributed by atoms with Gasteiger partial charge in [0.15, 0.2) is 0 Å². The van der Waals surface area contributed by atoms with E-state index in [4.69, 9.17) is 0 Å². The van der Waals surface area contributed by atoms with Crippen LogP contribution in [0, 0.1) is 0 Å². The zero-order valence-corrected chi connectivity index (χ0v) is 13.8. The fourth-order valence-electron chi connectivity index (χ4n) is 2.70. The van der Waals surface area contributed by atoms with Crippen LogP contribution in [0.5, 0.6) is 0 Å². The van der Waals surface area contributed by atoms with Gasteiger partial charge >= 0.3 is 0 Å². The molecule has 0 atom stereocenters. The van der Waals surface area contributed by atoms with Crippen LogP contribution in [0.3, 0.4) is 0 Å². The summed E-state index contributed by atoms with van der Waals surface area (Å²) in [5, 5.41) is 13.2. The largest absolute Gasteiger partial charge is 0.289 e. The zero-order chi connectivity index (χ0) is 17.8. The third-order valence-electron chi connectivity index (χ3n) is 3.97. The van der Waals surface area contributed by atoms with Crippen molar-refractivity contribution in [2.75, 3.05) is 0 Å². The van der Waals surface area contributed by atoms with Gasteiger partial charge in [0.05, 0.1) is 11.9 Å². The van der Waals surface area contributed by atoms with Gasteiger partial charge in [-0.3, -0.25) is 14.9 Å². The Labute approximate surface area is 149 Å². The standard InChI is InChI=1S/C20H15N5O/c26-20(25-22-13-14-8-10-21-11-9-14)19-12-18(23-24-19)17-7-3-5-15-4-1-2-6-16(15)17/h1-13H,(H,23,24)(H,25,26)/b22-13-. The molecule has 2 aromatic heterocycles. The molecule has 126 valence electrons. The predicted octanol–water partition coefficient (Wildman–Crippen LogP) is 3.39. The van der Waals surface area contributed by atoms with Crippen LogP contribution < -0.4 is 5.43 Å². The van der Waals surface area contributed by atoms with E-state index >= 15 is 0 Å². The van der Waals surface area contributed by atoms with Crippen LogP contribution in [0.4, 0.5) is 0 Å². The van der Waals surface area contributed by atoms with Gasteiger partial charge in [-0.05, 0) is 34.5 Å². The molecule has 26 heavy (non-hydrogen) atoms. The van der Waals surface area contributed by atoms with Crippen molar-refractivity contribution in [3.8, 4) is 11.3 Å². The maximum atomic E-state index is 12.2. The molecule has 2 N–H and O–H groups in total. The third kappa shape index (κ3) is 3.21. The quantitative estimate of drug-likeness (QED) is 0.441. The number of aromatic nitrogens is 3. The SMILES string of the molecule is O=C(N/N=C\c1ccncc1)c1cc(-c2cccc3ccccc23)n[nH]1. The Morgan fingerprint density at radius 2 is 1.85 bits per heavy atom. The molecule has 0 aliphatic carbocycles. The molecule has 0 fully saturated rings. The second-order valence-electron chi connectivity index (χ2n) is 5.67. The number of benzene rings is 2. The molecule has 4 aromatic rings. The molecule has 2 heterocycles. The molecule has 0 radical (unpaired) electrons. The minimum Gasteiger partial charge on any atom is -0.272 e. The van der Waals surface area contributed by atoms with E-state index in [1.54, 1.807) is 36.8 Å². The van der Waals surface area contributed by atoms with Gasteiger partial charge in [-0.25, -0.2) is 5.43 Å². The highest BCUT2D eigenvalue weighted by Gasteiger charge is 2.12.